The van der Waals surface area contributed by atoms with Crippen LogP contribution in [0.3, 0.4) is 0 Å². The van der Waals surface area contributed by atoms with Crippen molar-refractivity contribution >= 4 is 35.5 Å². The summed E-state index contributed by atoms with van der Waals surface area (Å²) in [6.07, 6.45) is 14.1. The number of nitro groups is 1. The first-order valence-corrected chi connectivity index (χ1v) is 13.8. The maximum atomic E-state index is 11.1. The fourth-order valence-corrected chi connectivity index (χ4v) is 4.05. The van der Waals surface area contributed by atoms with Gasteiger partial charge in [-0.05, 0) is 73.9 Å². The van der Waals surface area contributed by atoms with Crippen LogP contribution >= 0.6 is 0 Å². The Hall–Kier alpha value is -4.20. The second kappa shape index (κ2) is 19.0. The molecule has 214 valence electrons. The Morgan fingerprint density at radius 1 is 0.700 bits per heavy atom. The molecule has 0 radical (unpaired) electrons. The number of benzene rings is 2. The first-order chi connectivity index (χ1) is 19.4. The lowest BCUT2D eigenvalue weighted by atomic mass is 10.1. The Kier molecular flexibility index (Phi) is 15.2. The van der Waals surface area contributed by atoms with Crippen LogP contribution in [0.1, 0.15) is 62.5 Å². The number of esters is 2. The summed E-state index contributed by atoms with van der Waals surface area (Å²) in [4.78, 5) is 35.1. The molecule has 0 aliphatic carbocycles. The van der Waals surface area contributed by atoms with Crippen LogP contribution in [0.5, 0.6) is 0 Å². The molecule has 0 atom stereocenters. The summed E-state index contributed by atoms with van der Waals surface area (Å²) in [5.41, 5.74) is 3.18. The van der Waals surface area contributed by atoms with Crippen LogP contribution in [0.25, 0.3) is 12.2 Å². The van der Waals surface area contributed by atoms with Crippen molar-refractivity contribution in [3.8, 4) is 0 Å². The Labute approximate surface area is 237 Å². The molecular formula is C32H40N2O6. The van der Waals surface area contributed by atoms with Gasteiger partial charge in [0.1, 0.15) is 0 Å². The monoisotopic (exact) mass is 548 g/mol. The van der Waals surface area contributed by atoms with Crippen LogP contribution in [-0.2, 0) is 19.1 Å². The highest BCUT2D eigenvalue weighted by Gasteiger charge is 2.07. The highest BCUT2D eigenvalue weighted by molar-refractivity contribution is 5.81. The molecular weight excluding hydrogens is 508 g/mol. The molecule has 0 aliphatic rings. The van der Waals surface area contributed by atoms with Gasteiger partial charge in [0.15, 0.2) is 0 Å². The third-order valence-electron chi connectivity index (χ3n) is 6.30. The zero-order chi connectivity index (χ0) is 29.0. The molecule has 40 heavy (non-hydrogen) atoms. The van der Waals surface area contributed by atoms with E-state index in [4.69, 9.17) is 9.47 Å². The average Bonchev–Trinajstić information content (AvgIpc) is 2.98. The molecule has 0 spiro atoms. The zero-order valence-corrected chi connectivity index (χ0v) is 23.2. The van der Waals surface area contributed by atoms with Crippen LogP contribution in [0.4, 0.5) is 11.4 Å². The summed E-state index contributed by atoms with van der Waals surface area (Å²) < 4.78 is 10.1. The molecule has 2 aromatic rings. The summed E-state index contributed by atoms with van der Waals surface area (Å²) >= 11 is 0. The number of hydrogen-bond acceptors (Lipinski definition) is 7. The van der Waals surface area contributed by atoms with Crippen molar-refractivity contribution in [1.82, 2.24) is 0 Å². The topological polar surface area (TPSA) is 99.0 Å². The summed E-state index contributed by atoms with van der Waals surface area (Å²) in [5.74, 6) is -0.757. The molecule has 0 unspecified atom stereocenters. The quantitative estimate of drug-likeness (QED) is 0.0433. The molecule has 8 nitrogen and oxygen atoms in total. The van der Waals surface area contributed by atoms with Gasteiger partial charge < -0.3 is 14.4 Å². The van der Waals surface area contributed by atoms with Crippen LogP contribution in [0.15, 0.2) is 73.8 Å². The fraction of sp³-hybridized carbons (Fsp3) is 0.375. The molecule has 0 saturated heterocycles. The Bertz CT molecular complexity index is 1080. The number of hydrogen-bond donors (Lipinski definition) is 0. The number of carbonyl (C=O) groups is 2. The zero-order valence-electron chi connectivity index (χ0n) is 23.2. The van der Waals surface area contributed by atoms with E-state index in [-0.39, 0.29) is 17.6 Å². The highest BCUT2D eigenvalue weighted by Crippen LogP contribution is 2.20. The van der Waals surface area contributed by atoms with Gasteiger partial charge in [0, 0.05) is 43.1 Å². The van der Waals surface area contributed by atoms with E-state index in [1.165, 1.54) is 24.3 Å². The van der Waals surface area contributed by atoms with E-state index in [0.29, 0.717) is 13.2 Å². The van der Waals surface area contributed by atoms with Crippen LogP contribution in [-0.4, -0.2) is 43.2 Å². The van der Waals surface area contributed by atoms with Gasteiger partial charge in [-0.15, -0.1) is 0 Å². The van der Waals surface area contributed by atoms with E-state index < -0.39 is 4.92 Å². The molecule has 0 N–H and O–H groups in total. The average molecular weight is 549 g/mol. The Balaban J connectivity index is 1.88. The van der Waals surface area contributed by atoms with Gasteiger partial charge in [-0.3, -0.25) is 10.1 Å². The number of anilines is 1. The van der Waals surface area contributed by atoms with E-state index in [2.05, 4.69) is 42.3 Å². The lowest BCUT2D eigenvalue weighted by Crippen LogP contribution is -2.25. The third-order valence-corrected chi connectivity index (χ3v) is 6.30. The second-order valence-electron chi connectivity index (χ2n) is 9.33. The number of carbonyl (C=O) groups excluding carboxylic acids is 2. The van der Waals surface area contributed by atoms with E-state index in [0.717, 1.165) is 81.3 Å². The van der Waals surface area contributed by atoms with Crippen molar-refractivity contribution in [3.05, 3.63) is 95.1 Å². The predicted molar refractivity (Wildman–Crippen MR) is 160 cm³/mol. The highest BCUT2D eigenvalue weighted by atomic mass is 16.6. The number of ether oxygens (including phenoxy) is 2. The van der Waals surface area contributed by atoms with Crippen LogP contribution in [0.2, 0.25) is 0 Å². The number of rotatable bonds is 20. The number of nitrogens with zero attached hydrogens (tertiary/aromatic N) is 2. The fourth-order valence-electron chi connectivity index (χ4n) is 4.05. The SMILES string of the molecule is C=CC(=O)OCCCCCCN(CCCCCCOC(=O)C=C)c1ccc(C=Cc2ccc([N+](=O)[O-])cc2)cc1. The van der Waals surface area contributed by atoms with E-state index in [9.17, 15) is 19.7 Å². The maximum Gasteiger partial charge on any atom is 0.330 e. The van der Waals surface area contributed by atoms with Gasteiger partial charge in [-0.25, -0.2) is 9.59 Å². The number of non-ortho nitro benzene ring substituents is 1. The lowest BCUT2D eigenvalue weighted by Gasteiger charge is -2.25. The van der Waals surface area contributed by atoms with Gasteiger partial charge in [-0.1, -0.05) is 50.3 Å². The third kappa shape index (κ3) is 13.0. The summed E-state index contributed by atoms with van der Waals surface area (Å²) in [6.45, 7) is 9.51. The molecule has 0 aromatic heterocycles. The normalized spacial score (nSPS) is 10.7. The van der Waals surface area contributed by atoms with Crippen molar-refractivity contribution in [2.75, 3.05) is 31.2 Å². The molecule has 2 aromatic carbocycles. The molecule has 0 saturated carbocycles. The van der Waals surface area contributed by atoms with Gasteiger partial charge in [0.05, 0.1) is 18.1 Å². The minimum atomic E-state index is -0.403. The van der Waals surface area contributed by atoms with Crippen molar-refractivity contribution in [1.29, 1.82) is 0 Å². The second-order valence-corrected chi connectivity index (χ2v) is 9.33. The van der Waals surface area contributed by atoms with Crippen LogP contribution < -0.4 is 4.90 Å². The molecule has 0 aliphatic heterocycles. The molecule has 0 bridgehead atoms. The standard InChI is InChI=1S/C32H40N2O6/c1-3-31(35)39-25-11-7-5-9-23-33(24-10-6-8-12-26-40-32(36)4-2)29-19-15-27(16-20-29)13-14-28-17-21-30(22-18-28)34(37)38/h3-4,13-22H,1-2,5-12,23-26H2. The van der Waals surface area contributed by atoms with Gasteiger partial charge in [-0.2, -0.15) is 0 Å². The van der Waals surface area contributed by atoms with Crippen molar-refractivity contribution in [2.45, 2.75) is 51.4 Å². The van der Waals surface area contributed by atoms with Crippen LogP contribution in [0, 0.1) is 10.1 Å². The van der Waals surface area contributed by atoms with Gasteiger partial charge >= 0.3 is 11.9 Å². The summed E-state index contributed by atoms with van der Waals surface area (Å²) in [5, 5.41) is 10.8. The summed E-state index contributed by atoms with van der Waals surface area (Å²) in [7, 11) is 0. The summed E-state index contributed by atoms with van der Waals surface area (Å²) in [6, 6.07) is 14.9. The van der Waals surface area contributed by atoms with Crippen molar-refractivity contribution in [3.63, 3.8) is 0 Å². The largest absolute Gasteiger partial charge is 0.463 e. The van der Waals surface area contributed by atoms with Gasteiger partial charge in [0.25, 0.3) is 5.69 Å². The first kappa shape index (κ1) is 32.0. The minimum Gasteiger partial charge on any atom is -0.463 e. The smallest absolute Gasteiger partial charge is 0.330 e. The number of unbranched alkanes of at least 4 members (excludes halogenated alkanes) is 6. The van der Waals surface area contributed by atoms with E-state index in [1.807, 2.05) is 12.2 Å². The van der Waals surface area contributed by atoms with Crippen molar-refractivity contribution < 1.29 is 24.0 Å². The molecule has 0 heterocycles. The molecule has 0 fully saturated rings. The molecule has 8 heteroatoms. The van der Waals surface area contributed by atoms with Crippen molar-refractivity contribution in [2.24, 2.45) is 0 Å². The Morgan fingerprint density at radius 2 is 1.12 bits per heavy atom. The van der Waals surface area contributed by atoms with E-state index in [1.54, 1.807) is 12.1 Å². The first-order valence-electron chi connectivity index (χ1n) is 13.8. The molecule has 2 rings (SSSR count). The predicted octanol–water partition coefficient (Wildman–Crippen LogP) is 7.15. The molecule has 0 amide bonds. The Morgan fingerprint density at radius 3 is 1.55 bits per heavy atom. The number of nitro benzene ring substituents is 1. The lowest BCUT2D eigenvalue weighted by molar-refractivity contribution is -0.384. The minimum absolute atomic E-state index is 0.0776. The van der Waals surface area contributed by atoms with Gasteiger partial charge in [0.2, 0.25) is 0 Å². The maximum absolute atomic E-state index is 11.1. The van der Waals surface area contributed by atoms with E-state index >= 15 is 0 Å².